The van der Waals surface area contributed by atoms with E-state index in [1.54, 1.807) is 13.8 Å². The Morgan fingerprint density at radius 3 is 2.34 bits per heavy atom. The molecule has 0 aliphatic rings. The number of rotatable bonds is 7. The first-order chi connectivity index (χ1) is 13.7. The molecule has 29 heavy (non-hydrogen) atoms. The van der Waals surface area contributed by atoms with Crippen molar-refractivity contribution in [3.8, 4) is 0 Å². The second kappa shape index (κ2) is 9.49. The number of benzene rings is 1. The highest BCUT2D eigenvalue weighted by Crippen LogP contribution is 2.08. The van der Waals surface area contributed by atoms with Crippen molar-refractivity contribution < 1.29 is 19.1 Å². The van der Waals surface area contributed by atoms with Crippen molar-refractivity contribution >= 4 is 17.9 Å². The Hall–Kier alpha value is -3.69. The molecule has 1 heterocycles. The van der Waals surface area contributed by atoms with Crippen LogP contribution in [0.2, 0.25) is 0 Å². The summed E-state index contributed by atoms with van der Waals surface area (Å²) < 4.78 is 7.08. The molecule has 0 bridgehead atoms. The molecule has 154 valence electrons. The summed E-state index contributed by atoms with van der Waals surface area (Å²) in [6.45, 7) is 2.73. The molecule has 3 N–H and O–H groups in total. The number of ether oxygens (including phenoxy) is 1. The Bertz CT molecular complexity index is 1010. The van der Waals surface area contributed by atoms with Gasteiger partial charge in [0.1, 0.15) is 6.54 Å². The van der Waals surface area contributed by atoms with E-state index < -0.39 is 47.7 Å². The zero-order valence-corrected chi connectivity index (χ0v) is 16.0. The van der Waals surface area contributed by atoms with Gasteiger partial charge in [-0.3, -0.25) is 24.3 Å². The van der Waals surface area contributed by atoms with Crippen molar-refractivity contribution in [3.63, 3.8) is 0 Å². The van der Waals surface area contributed by atoms with Gasteiger partial charge in [-0.05, 0) is 11.5 Å². The number of hydrogen-bond donors (Lipinski definition) is 2. The van der Waals surface area contributed by atoms with Gasteiger partial charge >= 0.3 is 17.7 Å². The molecule has 0 aliphatic carbocycles. The van der Waals surface area contributed by atoms with Gasteiger partial charge in [0.2, 0.25) is 0 Å². The van der Waals surface area contributed by atoms with Crippen molar-refractivity contribution in [2.75, 3.05) is 0 Å². The van der Waals surface area contributed by atoms with Crippen LogP contribution in [-0.2, 0) is 27.4 Å². The van der Waals surface area contributed by atoms with Crippen molar-refractivity contribution in [1.29, 1.82) is 0 Å². The first kappa shape index (κ1) is 21.6. The standard InChI is InChI=1S/C19H22N4O6/c1-12(2)16(17(26)21-18(20)27)29-15(25)11-23-14(24)8-9-22(19(23)28)10-13-6-4-3-5-7-13/h3-9,12,16H,10-11H2,1-2H3,(H3,20,21,26,27)/t16-/m1/s1. The zero-order chi connectivity index (χ0) is 21.6. The van der Waals surface area contributed by atoms with Crippen LogP contribution in [0.1, 0.15) is 19.4 Å². The van der Waals surface area contributed by atoms with Gasteiger partial charge in [0.15, 0.2) is 6.10 Å². The average Bonchev–Trinajstić information content (AvgIpc) is 2.65. The van der Waals surface area contributed by atoms with Gasteiger partial charge in [-0.1, -0.05) is 44.2 Å². The van der Waals surface area contributed by atoms with Crippen LogP contribution in [0.4, 0.5) is 4.79 Å². The number of urea groups is 1. The normalized spacial score (nSPS) is 11.7. The van der Waals surface area contributed by atoms with Crippen LogP contribution >= 0.6 is 0 Å². The summed E-state index contributed by atoms with van der Waals surface area (Å²) >= 11 is 0. The fourth-order valence-corrected chi connectivity index (χ4v) is 2.60. The molecule has 0 fully saturated rings. The highest BCUT2D eigenvalue weighted by Gasteiger charge is 2.27. The van der Waals surface area contributed by atoms with E-state index in [9.17, 15) is 24.0 Å². The molecule has 0 saturated carbocycles. The smallest absolute Gasteiger partial charge is 0.331 e. The highest BCUT2D eigenvalue weighted by molar-refractivity contribution is 5.96. The highest BCUT2D eigenvalue weighted by atomic mass is 16.5. The van der Waals surface area contributed by atoms with Gasteiger partial charge in [-0.15, -0.1) is 0 Å². The predicted molar refractivity (Wildman–Crippen MR) is 103 cm³/mol. The molecule has 3 amide bonds. The lowest BCUT2D eigenvalue weighted by Gasteiger charge is -2.20. The van der Waals surface area contributed by atoms with E-state index in [1.807, 2.05) is 35.6 Å². The number of nitrogens with zero attached hydrogens (tertiary/aromatic N) is 2. The van der Waals surface area contributed by atoms with E-state index in [4.69, 9.17) is 10.5 Å². The largest absolute Gasteiger partial charge is 0.451 e. The summed E-state index contributed by atoms with van der Waals surface area (Å²) in [5.41, 5.74) is 4.37. The first-order valence-electron chi connectivity index (χ1n) is 8.83. The van der Waals surface area contributed by atoms with Gasteiger partial charge in [0, 0.05) is 12.3 Å². The topological polar surface area (TPSA) is 142 Å². The lowest BCUT2D eigenvalue weighted by atomic mass is 10.1. The fourth-order valence-electron chi connectivity index (χ4n) is 2.60. The van der Waals surface area contributed by atoms with Crippen LogP contribution in [0.15, 0.2) is 52.2 Å². The molecule has 0 unspecified atom stereocenters. The Labute approximate surface area is 165 Å². The summed E-state index contributed by atoms with van der Waals surface area (Å²) in [4.78, 5) is 59.8. The third-order valence-corrected chi connectivity index (χ3v) is 3.99. The summed E-state index contributed by atoms with van der Waals surface area (Å²) in [7, 11) is 0. The third-order valence-electron chi connectivity index (χ3n) is 3.99. The molecule has 0 spiro atoms. The minimum Gasteiger partial charge on any atom is -0.451 e. The van der Waals surface area contributed by atoms with Gasteiger partial charge in [0.25, 0.3) is 11.5 Å². The summed E-state index contributed by atoms with van der Waals surface area (Å²) in [5.74, 6) is -2.33. The van der Waals surface area contributed by atoms with Crippen LogP contribution in [0.3, 0.4) is 0 Å². The molecule has 0 saturated heterocycles. The van der Waals surface area contributed by atoms with Gasteiger partial charge < -0.3 is 10.5 Å². The van der Waals surface area contributed by atoms with Crippen LogP contribution in [0.25, 0.3) is 0 Å². The number of carbonyl (C=O) groups is 3. The second-order valence-electron chi connectivity index (χ2n) is 6.64. The van der Waals surface area contributed by atoms with Gasteiger partial charge in [0.05, 0.1) is 6.54 Å². The van der Waals surface area contributed by atoms with E-state index >= 15 is 0 Å². The molecular formula is C19H22N4O6. The molecule has 10 heteroatoms. The van der Waals surface area contributed by atoms with E-state index in [0.717, 1.165) is 11.6 Å². The average molecular weight is 402 g/mol. The van der Waals surface area contributed by atoms with E-state index in [1.165, 1.54) is 10.8 Å². The summed E-state index contributed by atoms with van der Waals surface area (Å²) in [5, 5.41) is 1.84. The van der Waals surface area contributed by atoms with Gasteiger partial charge in [-0.25, -0.2) is 14.2 Å². The number of imide groups is 1. The molecule has 1 aromatic heterocycles. The predicted octanol–water partition coefficient (Wildman–Crippen LogP) is -0.179. The van der Waals surface area contributed by atoms with Crippen LogP contribution in [0.5, 0.6) is 0 Å². The zero-order valence-electron chi connectivity index (χ0n) is 16.0. The molecule has 2 aromatic rings. The molecule has 2 rings (SSSR count). The van der Waals surface area contributed by atoms with Crippen LogP contribution in [-0.4, -0.2) is 33.1 Å². The number of amides is 3. The number of esters is 1. The van der Waals surface area contributed by atoms with E-state index in [-0.39, 0.29) is 6.54 Å². The fraction of sp³-hybridized carbons (Fsp3) is 0.316. The maximum atomic E-state index is 12.6. The SMILES string of the molecule is CC(C)[C@@H](OC(=O)Cn1c(=O)ccn(Cc2ccccc2)c1=O)C(=O)NC(N)=O. The minimum atomic E-state index is -1.30. The molecule has 1 atom stereocenters. The maximum Gasteiger partial charge on any atom is 0.331 e. The van der Waals surface area contributed by atoms with Crippen LogP contribution < -0.4 is 22.3 Å². The van der Waals surface area contributed by atoms with Crippen LogP contribution in [0, 0.1) is 5.92 Å². The number of aromatic nitrogens is 2. The maximum absolute atomic E-state index is 12.6. The first-order valence-corrected chi connectivity index (χ1v) is 8.83. The molecular weight excluding hydrogens is 380 g/mol. The monoisotopic (exact) mass is 402 g/mol. The van der Waals surface area contributed by atoms with Crippen molar-refractivity contribution in [1.82, 2.24) is 14.5 Å². The lowest BCUT2D eigenvalue weighted by Crippen LogP contribution is -2.47. The number of nitrogens with two attached hydrogens (primary N) is 1. The molecule has 0 radical (unpaired) electrons. The summed E-state index contributed by atoms with van der Waals surface area (Å²) in [6.07, 6.45) is 0.0393. The van der Waals surface area contributed by atoms with E-state index in [0.29, 0.717) is 4.57 Å². The Morgan fingerprint density at radius 2 is 1.76 bits per heavy atom. The van der Waals surface area contributed by atoms with E-state index in [2.05, 4.69) is 0 Å². The van der Waals surface area contributed by atoms with Gasteiger partial charge in [-0.2, -0.15) is 0 Å². The quantitative estimate of drug-likeness (QED) is 0.615. The Kier molecular flexibility index (Phi) is 7.07. The molecule has 1 aromatic carbocycles. The Balaban J connectivity index is 2.20. The second-order valence-corrected chi connectivity index (χ2v) is 6.64. The van der Waals surface area contributed by atoms with Crippen molar-refractivity contribution in [2.24, 2.45) is 11.7 Å². The molecule has 0 aliphatic heterocycles. The van der Waals surface area contributed by atoms with Crippen molar-refractivity contribution in [3.05, 3.63) is 69.0 Å². The minimum absolute atomic E-state index is 0.213. The van der Waals surface area contributed by atoms with Crippen molar-refractivity contribution in [2.45, 2.75) is 33.0 Å². The Morgan fingerprint density at radius 1 is 1.10 bits per heavy atom. The number of nitrogens with one attached hydrogen (secondary N) is 1. The molecule has 10 nitrogen and oxygen atoms in total. The third kappa shape index (κ3) is 5.89. The number of carbonyl (C=O) groups excluding carboxylic acids is 3. The summed E-state index contributed by atoms with van der Waals surface area (Å²) in [6, 6.07) is 9.19. The number of hydrogen-bond acceptors (Lipinski definition) is 6. The number of primary amides is 1. The lowest BCUT2D eigenvalue weighted by molar-refractivity contribution is -0.159.